The fourth-order valence-electron chi connectivity index (χ4n) is 3.53. The Labute approximate surface area is 114 Å². The summed E-state index contributed by atoms with van der Waals surface area (Å²) in [4.78, 5) is 11.4. The maximum atomic E-state index is 11.4. The number of benzene rings is 2. The van der Waals surface area contributed by atoms with Crippen molar-refractivity contribution >= 4 is 16.6 Å². The van der Waals surface area contributed by atoms with Gasteiger partial charge in [-0.15, -0.1) is 0 Å². The first kappa shape index (κ1) is 12.4. The minimum Gasteiger partial charge on any atom is -0.300 e. The lowest BCUT2D eigenvalue weighted by Gasteiger charge is -2.19. The molecule has 1 aliphatic rings. The van der Waals surface area contributed by atoms with Crippen LogP contribution < -0.4 is 0 Å². The molecule has 0 aromatic heterocycles. The summed E-state index contributed by atoms with van der Waals surface area (Å²) in [5.41, 5.74) is 1.42. The number of Topliss-reactive ketones (excluding diaryl/α,β-unsaturated/α-hetero) is 1. The van der Waals surface area contributed by atoms with Crippen LogP contribution in [0, 0.1) is 5.92 Å². The van der Waals surface area contributed by atoms with Gasteiger partial charge in [0.25, 0.3) is 0 Å². The molecular weight excluding hydrogens is 232 g/mol. The van der Waals surface area contributed by atoms with Crippen LogP contribution in [0.25, 0.3) is 10.8 Å². The molecule has 0 amide bonds. The Kier molecular flexibility index (Phi) is 3.37. The zero-order valence-electron chi connectivity index (χ0n) is 11.4. The van der Waals surface area contributed by atoms with Gasteiger partial charge in [0.2, 0.25) is 0 Å². The summed E-state index contributed by atoms with van der Waals surface area (Å²) in [5.74, 6) is 1.46. The zero-order valence-corrected chi connectivity index (χ0v) is 11.4. The largest absolute Gasteiger partial charge is 0.300 e. The fraction of sp³-hybridized carbons (Fsp3) is 0.389. The lowest BCUT2D eigenvalue weighted by atomic mass is 9.85. The average molecular weight is 252 g/mol. The first-order chi connectivity index (χ1) is 9.24. The van der Waals surface area contributed by atoms with E-state index in [1.54, 1.807) is 6.92 Å². The van der Waals surface area contributed by atoms with Crippen LogP contribution in [0.3, 0.4) is 0 Å². The van der Waals surface area contributed by atoms with E-state index in [9.17, 15) is 4.79 Å². The van der Waals surface area contributed by atoms with E-state index in [0.29, 0.717) is 17.6 Å². The molecule has 3 rings (SSSR count). The number of ketones is 1. The van der Waals surface area contributed by atoms with Crippen LogP contribution in [0.1, 0.15) is 44.1 Å². The first-order valence-corrected chi connectivity index (χ1v) is 7.22. The molecule has 1 fully saturated rings. The molecule has 19 heavy (non-hydrogen) atoms. The van der Waals surface area contributed by atoms with Crippen LogP contribution in [0.4, 0.5) is 0 Å². The highest BCUT2D eigenvalue weighted by atomic mass is 16.1. The highest BCUT2D eigenvalue weighted by Crippen LogP contribution is 2.42. The quantitative estimate of drug-likeness (QED) is 0.773. The van der Waals surface area contributed by atoms with Crippen molar-refractivity contribution in [2.75, 3.05) is 0 Å². The molecule has 98 valence electrons. The molecule has 0 heterocycles. The second-order valence-corrected chi connectivity index (χ2v) is 5.81. The van der Waals surface area contributed by atoms with Gasteiger partial charge >= 0.3 is 0 Å². The standard InChI is InChI=1S/C18H20O/c1-13(19)11-16-7-4-8-18(16)17-10-9-14-5-2-3-6-15(14)12-17/h2-3,5-6,9-10,12,16,18H,4,7-8,11H2,1H3. The van der Waals surface area contributed by atoms with Crippen molar-refractivity contribution < 1.29 is 4.79 Å². The Morgan fingerprint density at radius 3 is 2.68 bits per heavy atom. The van der Waals surface area contributed by atoms with E-state index in [1.807, 2.05) is 0 Å². The highest BCUT2D eigenvalue weighted by Gasteiger charge is 2.29. The summed E-state index contributed by atoms with van der Waals surface area (Å²) in [5, 5.41) is 2.61. The van der Waals surface area contributed by atoms with Crippen molar-refractivity contribution in [2.45, 2.75) is 38.5 Å². The van der Waals surface area contributed by atoms with Gasteiger partial charge in [0, 0.05) is 6.42 Å². The Bertz CT molecular complexity index is 599. The average Bonchev–Trinajstić information content (AvgIpc) is 2.85. The third-order valence-corrected chi connectivity index (χ3v) is 4.41. The van der Waals surface area contributed by atoms with E-state index in [4.69, 9.17) is 0 Å². The number of carbonyl (C=O) groups excluding carboxylic acids is 1. The molecule has 0 N–H and O–H groups in total. The molecule has 2 atom stereocenters. The minimum absolute atomic E-state index is 0.331. The summed E-state index contributed by atoms with van der Waals surface area (Å²) >= 11 is 0. The second kappa shape index (κ2) is 5.16. The highest BCUT2D eigenvalue weighted by molar-refractivity contribution is 5.83. The lowest BCUT2D eigenvalue weighted by molar-refractivity contribution is -0.117. The van der Waals surface area contributed by atoms with Crippen LogP contribution in [-0.2, 0) is 4.79 Å². The van der Waals surface area contributed by atoms with E-state index >= 15 is 0 Å². The van der Waals surface area contributed by atoms with Gasteiger partial charge in [-0.3, -0.25) is 0 Å². The number of fused-ring (bicyclic) bond motifs is 1. The van der Waals surface area contributed by atoms with E-state index in [2.05, 4.69) is 42.5 Å². The maximum Gasteiger partial charge on any atom is 0.130 e. The van der Waals surface area contributed by atoms with E-state index < -0.39 is 0 Å². The summed E-state index contributed by atoms with van der Waals surface area (Å²) in [6.45, 7) is 1.72. The molecule has 0 aliphatic heterocycles. The SMILES string of the molecule is CC(=O)CC1CCCC1c1ccc2ccccc2c1. The number of hydrogen-bond donors (Lipinski definition) is 0. The van der Waals surface area contributed by atoms with Crippen molar-refractivity contribution in [1.82, 2.24) is 0 Å². The van der Waals surface area contributed by atoms with Crippen LogP contribution in [-0.4, -0.2) is 5.78 Å². The normalized spacial score (nSPS) is 22.8. The van der Waals surface area contributed by atoms with E-state index in [1.165, 1.54) is 35.6 Å². The van der Waals surface area contributed by atoms with E-state index in [-0.39, 0.29) is 0 Å². The summed E-state index contributed by atoms with van der Waals surface area (Å²) in [6.07, 6.45) is 4.44. The van der Waals surface area contributed by atoms with Crippen LogP contribution in [0.5, 0.6) is 0 Å². The van der Waals surface area contributed by atoms with Gasteiger partial charge in [-0.25, -0.2) is 0 Å². The molecular formula is C18H20O. The predicted octanol–water partition coefficient (Wildman–Crippen LogP) is 4.70. The van der Waals surface area contributed by atoms with Crippen LogP contribution in [0.2, 0.25) is 0 Å². The van der Waals surface area contributed by atoms with Gasteiger partial charge in [-0.1, -0.05) is 48.9 Å². The number of rotatable bonds is 3. The minimum atomic E-state index is 0.331. The third-order valence-electron chi connectivity index (χ3n) is 4.41. The van der Waals surface area contributed by atoms with E-state index in [0.717, 1.165) is 6.42 Å². The first-order valence-electron chi connectivity index (χ1n) is 7.22. The fourth-order valence-corrected chi connectivity index (χ4v) is 3.53. The van der Waals surface area contributed by atoms with Gasteiger partial charge in [0.1, 0.15) is 5.78 Å². The van der Waals surface area contributed by atoms with Gasteiger partial charge < -0.3 is 4.79 Å². The molecule has 2 unspecified atom stereocenters. The Morgan fingerprint density at radius 1 is 1.11 bits per heavy atom. The monoisotopic (exact) mass is 252 g/mol. The molecule has 0 bridgehead atoms. The molecule has 0 spiro atoms. The van der Waals surface area contributed by atoms with Crippen molar-refractivity contribution in [3.63, 3.8) is 0 Å². The lowest BCUT2D eigenvalue weighted by Crippen LogP contribution is -2.10. The van der Waals surface area contributed by atoms with Gasteiger partial charge in [-0.05, 0) is 47.9 Å². The van der Waals surface area contributed by atoms with Gasteiger partial charge in [0.15, 0.2) is 0 Å². The molecule has 1 aliphatic carbocycles. The van der Waals surface area contributed by atoms with Gasteiger partial charge in [-0.2, -0.15) is 0 Å². The van der Waals surface area contributed by atoms with Crippen molar-refractivity contribution in [1.29, 1.82) is 0 Å². The summed E-state index contributed by atoms with van der Waals surface area (Å²) in [7, 11) is 0. The van der Waals surface area contributed by atoms with Crippen molar-refractivity contribution in [2.24, 2.45) is 5.92 Å². The smallest absolute Gasteiger partial charge is 0.130 e. The summed E-state index contributed by atoms with van der Waals surface area (Å²) in [6, 6.07) is 15.3. The predicted molar refractivity (Wildman–Crippen MR) is 79.3 cm³/mol. The van der Waals surface area contributed by atoms with Gasteiger partial charge in [0.05, 0.1) is 0 Å². The molecule has 1 saturated carbocycles. The molecule has 1 nitrogen and oxygen atoms in total. The van der Waals surface area contributed by atoms with Crippen LogP contribution in [0.15, 0.2) is 42.5 Å². The molecule has 0 radical (unpaired) electrons. The molecule has 0 saturated heterocycles. The second-order valence-electron chi connectivity index (χ2n) is 5.81. The number of hydrogen-bond acceptors (Lipinski definition) is 1. The maximum absolute atomic E-state index is 11.4. The molecule has 2 aromatic carbocycles. The summed E-state index contributed by atoms with van der Waals surface area (Å²) < 4.78 is 0. The van der Waals surface area contributed by atoms with Crippen LogP contribution >= 0.6 is 0 Å². The molecule has 1 heteroatoms. The zero-order chi connectivity index (χ0) is 13.2. The third kappa shape index (κ3) is 2.56. The Balaban J connectivity index is 1.92. The van der Waals surface area contributed by atoms with Crippen molar-refractivity contribution in [3.8, 4) is 0 Å². The molecule has 2 aromatic rings. The van der Waals surface area contributed by atoms with Crippen molar-refractivity contribution in [3.05, 3.63) is 48.0 Å². The Morgan fingerprint density at radius 2 is 1.89 bits per heavy atom. The Hall–Kier alpha value is -1.63. The topological polar surface area (TPSA) is 17.1 Å². The number of carbonyl (C=O) groups is 1.